The Morgan fingerprint density at radius 1 is 1.12 bits per heavy atom. The smallest absolute Gasteiger partial charge is 0.186 e. The Hall–Kier alpha value is -0.620. The van der Waals surface area contributed by atoms with E-state index in [0.717, 1.165) is 0 Å². The lowest BCUT2D eigenvalue weighted by molar-refractivity contribution is -0.191. The van der Waals surface area contributed by atoms with Gasteiger partial charge < -0.3 is 0 Å². The van der Waals surface area contributed by atoms with Gasteiger partial charge in [0.2, 0.25) is 0 Å². The lowest BCUT2D eigenvalue weighted by Gasteiger charge is -1.68. The van der Waals surface area contributed by atoms with E-state index in [1.54, 1.807) is 0 Å². The molecule has 2 nitrogen and oxygen atoms in total. The molecule has 0 saturated carbocycles. The summed E-state index contributed by atoms with van der Waals surface area (Å²) < 4.78 is 0. The van der Waals surface area contributed by atoms with Crippen LogP contribution < -0.4 is 0 Å². The topological polar surface area (TPSA) is 34.1 Å². The zero-order valence-corrected chi connectivity index (χ0v) is 4.73. The highest BCUT2D eigenvalue weighted by Gasteiger charge is 1.56. The van der Waals surface area contributed by atoms with Gasteiger partial charge in [-0.15, -0.1) is 0 Å². The van der Waals surface area contributed by atoms with Crippen LogP contribution in [-0.4, -0.2) is 6.15 Å². The van der Waals surface area contributed by atoms with Crippen LogP contribution in [0, 0.1) is 0 Å². The van der Waals surface area contributed by atoms with Crippen molar-refractivity contribution in [3.05, 3.63) is 0 Å². The van der Waals surface area contributed by atoms with E-state index >= 15 is 0 Å². The van der Waals surface area contributed by atoms with E-state index in [-0.39, 0.29) is 13.6 Å². The maximum absolute atomic E-state index is 8.12. The first-order valence-corrected chi connectivity index (χ1v) is 2.32. The van der Waals surface area contributed by atoms with Gasteiger partial charge in [0.15, 0.2) is 0 Å². The van der Waals surface area contributed by atoms with Crippen molar-refractivity contribution < 1.29 is 9.59 Å². The molecule has 0 aliphatic carbocycles. The minimum Gasteiger partial charge on any atom is -0.186 e. The molecule has 8 heavy (non-hydrogen) atoms. The predicted octanol–water partition coefficient (Wildman–Crippen LogP) is 1.86. The zero-order valence-electron chi connectivity index (χ0n) is 4.73. The molecule has 0 heterocycles. The summed E-state index contributed by atoms with van der Waals surface area (Å²) >= 11 is 0. The Bertz CT molecular complexity index is 42.5. The Morgan fingerprint density at radius 2 is 1.25 bits per heavy atom. The van der Waals surface area contributed by atoms with Crippen molar-refractivity contribution in [3.8, 4) is 0 Å². The lowest BCUT2D eigenvalue weighted by Crippen LogP contribution is -1.47. The zero-order chi connectivity index (χ0) is 6.12. The molecule has 0 unspecified atom stereocenters. The molecule has 0 fully saturated rings. The average molecular weight is 118 g/mol. The van der Waals surface area contributed by atoms with Gasteiger partial charge in [0.1, 0.15) is 0 Å². The van der Waals surface area contributed by atoms with Gasteiger partial charge in [-0.25, -0.2) is 0 Å². The van der Waals surface area contributed by atoms with Crippen LogP contribution in [0.25, 0.3) is 0 Å². The second-order valence-electron chi connectivity index (χ2n) is 1.08. The standard InChI is InChI=1S/C4H10.CO2.CH4/c1-3-4-2;2-1-3;/h3-4H2,1-2H3;;1H4. The lowest BCUT2D eigenvalue weighted by atomic mass is 10.4. The normalized spacial score (nSPS) is 4.75. The fourth-order valence-electron chi connectivity index (χ4n) is 0. The largest absolute Gasteiger partial charge is 0.373 e. The minimum atomic E-state index is 0. The SMILES string of the molecule is C.CCCC.O=C=O. The minimum absolute atomic E-state index is 0. The monoisotopic (exact) mass is 118 g/mol. The number of rotatable bonds is 1. The summed E-state index contributed by atoms with van der Waals surface area (Å²) in [6, 6.07) is 0. The van der Waals surface area contributed by atoms with E-state index < -0.39 is 0 Å². The average Bonchev–Trinajstić information content (AvgIpc) is 1.69. The van der Waals surface area contributed by atoms with Gasteiger partial charge in [-0.05, 0) is 0 Å². The van der Waals surface area contributed by atoms with Crippen molar-refractivity contribution >= 4 is 6.15 Å². The van der Waals surface area contributed by atoms with Crippen LogP contribution in [0.3, 0.4) is 0 Å². The molecule has 0 N–H and O–H groups in total. The number of carbonyl (C=O) groups excluding carboxylic acids is 2. The Balaban J connectivity index is -0.0000000575. The molecular weight excluding hydrogens is 104 g/mol. The van der Waals surface area contributed by atoms with Gasteiger partial charge in [0.25, 0.3) is 0 Å². The number of unbranched alkanes of at least 4 members (excludes halogenated alkanes) is 1. The fraction of sp³-hybridized carbons (Fsp3) is 0.833. The Labute approximate surface area is 50.9 Å². The number of hydrogen-bond acceptors (Lipinski definition) is 2. The quantitative estimate of drug-likeness (QED) is 0.526. The maximum Gasteiger partial charge on any atom is 0.373 e. The summed E-state index contributed by atoms with van der Waals surface area (Å²) in [5.41, 5.74) is 0. The third kappa shape index (κ3) is 715. The second-order valence-corrected chi connectivity index (χ2v) is 1.08. The van der Waals surface area contributed by atoms with Crippen molar-refractivity contribution in [2.45, 2.75) is 34.1 Å². The van der Waals surface area contributed by atoms with Gasteiger partial charge in [-0.3, -0.25) is 0 Å². The van der Waals surface area contributed by atoms with Crippen LogP contribution in [-0.2, 0) is 9.59 Å². The highest BCUT2D eigenvalue weighted by Crippen LogP contribution is 1.76. The van der Waals surface area contributed by atoms with Gasteiger partial charge in [-0.1, -0.05) is 34.1 Å². The van der Waals surface area contributed by atoms with Crippen molar-refractivity contribution in [2.75, 3.05) is 0 Å². The molecule has 0 aromatic carbocycles. The molecule has 0 aliphatic heterocycles. The molecule has 0 atom stereocenters. The Kier molecular flexibility index (Phi) is 63.8. The molecule has 0 bridgehead atoms. The molecule has 0 spiro atoms. The van der Waals surface area contributed by atoms with E-state index in [4.69, 9.17) is 9.59 Å². The van der Waals surface area contributed by atoms with Crippen molar-refractivity contribution in [3.63, 3.8) is 0 Å². The first kappa shape index (κ1) is 15.7. The molecule has 0 radical (unpaired) electrons. The highest BCUT2D eigenvalue weighted by atomic mass is 16.2. The predicted molar refractivity (Wildman–Crippen MR) is 32.3 cm³/mol. The molecule has 0 saturated heterocycles. The molecular formula is C6H14O2. The molecule has 0 amide bonds. The van der Waals surface area contributed by atoms with Crippen molar-refractivity contribution in [2.24, 2.45) is 0 Å². The van der Waals surface area contributed by atoms with E-state index in [0.29, 0.717) is 0 Å². The molecule has 0 aromatic heterocycles. The third-order valence-electron chi connectivity index (χ3n) is 0.500. The van der Waals surface area contributed by atoms with Crippen molar-refractivity contribution in [1.82, 2.24) is 0 Å². The van der Waals surface area contributed by atoms with Crippen molar-refractivity contribution in [1.29, 1.82) is 0 Å². The van der Waals surface area contributed by atoms with Gasteiger partial charge in [0, 0.05) is 0 Å². The first-order valence-electron chi connectivity index (χ1n) is 2.32. The van der Waals surface area contributed by atoms with Gasteiger partial charge in [0.05, 0.1) is 0 Å². The summed E-state index contributed by atoms with van der Waals surface area (Å²) in [4.78, 5) is 16.2. The summed E-state index contributed by atoms with van der Waals surface area (Å²) in [6.07, 6.45) is 2.89. The van der Waals surface area contributed by atoms with Gasteiger partial charge in [-0.2, -0.15) is 9.59 Å². The molecule has 0 aliphatic rings. The van der Waals surface area contributed by atoms with E-state index in [9.17, 15) is 0 Å². The summed E-state index contributed by atoms with van der Waals surface area (Å²) in [5, 5.41) is 0. The van der Waals surface area contributed by atoms with Crippen LogP contribution in [0.1, 0.15) is 34.1 Å². The summed E-state index contributed by atoms with van der Waals surface area (Å²) in [5.74, 6) is 0. The van der Waals surface area contributed by atoms with Gasteiger partial charge >= 0.3 is 6.15 Å². The Morgan fingerprint density at radius 3 is 1.25 bits per heavy atom. The third-order valence-corrected chi connectivity index (χ3v) is 0.500. The van der Waals surface area contributed by atoms with E-state index in [1.807, 2.05) is 0 Å². The first-order chi connectivity index (χ1) is 3.33. The van der Waals surface area contributed by atoms with E-state index in [2.05, 4.69) is 13.8 Å². The molecule has 50 valence electrons. The number of hydrogen-bond donors (Lipinski definition) is 0. The summed E-state index contributed by atoms with van der Waals surface area (Å²) in [6.45, 7) is 4.36. The van der Waals surface area contributed by atoms with Crippen LogP contribution >= 0.6 is 0 Å². The molecule has 0 rings (SSSR count). The van der Waals surface area contributed by atoms with Crippen LogP contribution in [0.5, 0.6) is 0 Å². The maximum atomic E-state index is 8.12. The second kappa shape index (κ2) is 32.6. The fourth-order valence-corrected chi connectivity index (χ4v) is 0. The van der Waals surface area contributed by atoms with Crippen LogP contribution in [0.15, 0.2) is 0 Å². The molecule has 2 heteroatoms. The summed E-state index contributed by atoms with van der Waals surface area (Å²) in [7, 11) is 0. The molecule has 0 aromatic rings. The van der Waals surface area contributed by atoms with Crippen LogP contribution in [0.2, 0.25) is 0 Å². The highest BCUT2D eigenvalue weighted by molar-refractivity contribution is 5.20. The van der Waals surface area contributed by atoms with Crippen LogP contribution in [0.4, 0.5) is 0 Å². The van der Waals surface area contributed by atoms with E-state index in [1.165, 1.54) is 12.8 Å².